The summed E-state index contributed by atoms with van der Waals surface area (Å²) in [6.45, 7) is 4.05. The predicted molar refractivity (Wildman–Crippen MR) is 70.9 cm³/mol. The molecule has 0 unspecified atom stereocenters. The Morgan fingerprint density at radius 1 is 1.20 bits per heavy atom. The fraction of sp³-hybridized carbons (Fsp3) is 0.750. The van der Waals surface area contributed by atoms with Crippen LogP contribution in [-0.2, 0) is 9.47 Å². The van der Waals surface area contributed by atoms with E-state index in [1.165, 1.54) is 5.57 Å². The molecule has 108 valence electrons. The van der Waals surface area contributed by atoms with E-state index in [0.717, 1.165) is 19.3 Å². The summed E-state index contributed by atoms with van der Waals surface area (Å²) in [4.78, 5) is 0. The van der Waals surface area contributed by atoms with Crippen molar-refractivity contribution in [3.05, 3.63) is 24.3 Å². The van der Waals surface area contributed by atoms with Crippen molar-refractivity contribution in [1.82, 2.24) is 0 Å². The molecule has 0 aromatic carbocycles. The first-order valence-corrected chi connectivity index (χ1v) is 7.66. The highest BCUT2D eigenvalue weighted by Crippen LogP contribution is 2.64. The molecule has 4 nitrogen and oxygen atoms in total. The summed E-state index contributed by atoms with van der Waals surface area (Å²) in [5.41, 5.74) is 1.14. The largest absolute Gasteiger partial charge is 0.390 e. The molecule has 5 rings (SSSR count). The van der Waals surface area contributed by atoms with Crippen LogP contribution >= 0.6 is 0 Å². The Morgan fingerprint density at radius 3 is 2.80 bits per heavy atom. The number of fused-ring (bicyclic) bond motifs is 11. The average molecular weight is 276 g/mol. The molecule has 4 heteroatoms. The summed E-state index contributed by atoms with van der Waals surface area (Å²) in [7, 11) is 0. The standard InChI is InChI=1S/C16H20O4/c1-2-16-4-3-7-12(10-5-8(17)14(7)19-10)13(16)11-6-9(18)15(16)20-11/h2-3,8-15,17-18H,1,4-6H2/t8-,9-,10-,11-,12+,13+,14-,15+,16-/m1/s1. The SMILES string of the molecule is C=C[C@@]12CC=C3[C@H]([C@@H]1[C@H]1C[C@@H](O)[C@@H]2O1)[C@H]1C[C@@H](O)[C@@H]3O1. The molecule has 0 radical (unpaired) electrons. The summed E-state index contributed by atoms with van der Waals surface area (Å²) in [5.74, 6) is 0.702. The zero-order chi connectivity index (χ0) is 13.6. The first kappa shape index (κ1) is 11.9. The molecule has 4 fully saturated rings. The van der Waals surface area contributed by atoms with E-state index < -0.39 is 0 Å². The summed E-state index contributed by atoms with van der Waals surface area (Å²) in [6, 6.07) is 0. The second-order valence-corrected chi connectivity index (χ2v) is 7.07. The van der Waals surface area contributed by atoms with Gasteiger partial charge in [-0.2, -0.15) is 0 Å². The van der Waals surface area contributed by atoms with E-state index in [0.29, 0.717) is 11.8 Å². The molecule has 0 spiro atoms. The van der Waals surface area contributed by atoms with Crippen LogP contribution < -0.4 is 0 Å². The summed E-state index contributed by atoms with van der Waals surface area (Å²) < 4.78 is 12.1. The summed E-state index contributed by atoms with van der Waals surface area (Å²) in [5, 5.41) is 20.2. The van der Waals surface area contributed by atoms with Gasteiger partial charge in [-0.1, -0.05) is 12.2 Å². The van der Waals surface area contributed by atoms with Crippen LogP contribution in [0, 0.1) is 17.3 Å². The van der Waals surface area contributed by atoms with Gasteiger partial charge in [-0.25, -0.2) is 0 Å². The quantitative estimate of drug-likeness (QED) is 0.695. The van der Waals surface area contributed by atoms with E-state index in [1.807, 2.05) is 6.08 Å². The maximum absolute atomic E-state index is 10.2. The van der Waals surface area contributed by atoms with Crippen molar-refractivity contribution in [3.63, 3.8) is 0 Å². The highest BCUT2D eigenvalue weighted by Gasteiger charge is 2.69. The second kappa shape index (κ2) is 3.55. The Morgan fingerprint density at radius 2 is 2.00 bits per heavy atom. The lowest BCUT2D eigenvalue weighted by molar-refractivity contribution is -0.00349. The van der Waals surface area contributed by atoms with Crippen LogP contribution in [0.3, 0.4) is 0 Å². The van der Waals surface area contributed by atoms with Gasteiger partial charge in [-0.05, 0) is 12.0 Å². The van der Waals surface area contributed by atoms with Gasteiger partial charge < -0.3 is 19.7 Å². The first-order chi connectivity index (χ1) is 9.65. The molecule has 0 amide bonds. The number of ether oxygens (including phenoxy) is 2. The van der Waals surface area contributed by atoms with Crippen molar-refractivity contribution in [2.45, 2.75) is 55.9 Å². The van der Waals surface area contributed by atoms with E-state index in [2.05, 4.69) is 12.7 Å². The lowest BCUT2D eigenvalue weighted by Gasteiger charge is -2.48. The third kappa shape index (κ3) is 1.12. The molecule has 4 bridgehead atoms. The Kier molecular flexibility index (Phi) is 2.12. The molecule has 0 saturated carbocycles. The van der Waals surface area contributed by atoms with Crippen LogP contribution in [0.5, 0.6) is 0 Å². The highest BCUT2D eigenvalue weighted by molar-refractivity contribution is 5.35. The van der Waals surface area contributed by atoms with Gasteiger partial charge in [-0.3, -0.25) is 0 Å². The maximum Gasteiger partial charge on any atom is 0.105 e. The monoisotopic (exact) mass is 276 g/mol. The number of aliphatic hydroxyl groups is 2. The van der Waals surface area contributed by atoms with Gasteiger partial charge >= 0.3 is 0 Å². The molecule has 1 aliphatic carbocycles. The number of hydrogen-bond donors (Lipinski definition) is 2. The molecule has 0 aromatic rings. The van der Waals surface area contributed by atoms with Gasteiger partial charge in [0.2, 0.25) is 0 Å². The fourth-order valence-electron chi connectivity index (χ4n) is 5.72. The van der Waals surface area contributed by atoms with Crippen molar-refractivity contribution in [3.8, 4) is 0 Å². The lowest BCUT2D eigenvalue weighted by atomic mass is 9.53. The minimum atomic E-state index is -0.366. The highest BCUT2D eigenvalue weighted by atomic mass is 16.5. The zero-order valence-electron chi connectivity index (χ0n) is 11.3. The van der Waals surface area contributed by atoms with E-state index in [4.69, 9.17) is 9.47 Å². The van der Waals surface area contributed by atoms with Crippen LogP contribution in [0.25, 0.3) is 0 Å². The van der Waals surface area contributed by atoms with Crippen molar-refractivity contribution < 1.29 is 19.7 Å². The number of allylic oxidation sites excluding steroid dienone is 1. The van der Waals surface area contributed by atoms with Crippen LogP contribution in [0.1, 0.15) is 19.3 Å². The van der Waals surface area contributed by atoms with Gasteiger partial charge in [-0.15, -0.1) is 6.58 Å². The predicted octanol–water partition coefficient (Wildman–Crippen LogP) is 0.785. The number of hydrogen-bond acceptors (Lipinski definition) is 4. The minimum Gasteiger partial charge on any atom is -0.390 e. The smallest absolute Gasteiger partial charge is 0.105 e. The average Bonchev–Trinajstić information content (AvgIpc) is 3.15. The third-order valence-corrected chi connectivity index (χ3v) is 6.41. The Balaban J connectivity index is 1.62. The Labute approximate surface area is 118 Å². The zero-order valence-corrected chi connectivity index (χ0v) is 11.3. The van der Waals surface area contributed by atoms with Gasteiger partial charge in [0.15, 0.2) is 0 Å². The van der Waals surface area contributed by atoms with Gasteiger partial charge in [0.05, 0.1) is 30.5 Å². The van der Waals surface area contributed by atoms with Crippen LogP contribution in [0.4, 0.5) is 0 Å². The molecule has 5 aliphatic rings. The van der Waals surface area contributed by atoms with Crippen molar-refractivity contribution in [2.24, 2.45) is 17.3 Å². The van der Waals surface area contributed by atoms with Crippen LogP contribution in [-0.4, -0.2) is 46.8 Å². The molecule has 4 heterocycles. The molecule has 20 heavy (non-hydrogen) atoms. The van der Waals surface area contributed by atoms with Gasteiger partial charge in [0.1, 0.15) is 6.10 Å². The molecule has 0 aromatic heterocycles. The number of aliphatic hydroxyl groups excluding tert-OH is 2. The van der Waals surface area contributed by atoms with Crippen molar-refractivity contribution in [2.75, 3.05) is 0 Å². The fourth-order valence-corrected chi connectivity index (χ4v) is 5.72. The third-order valence-electron chi connectivity index (χ3n) is 6.41. The normalized spacial score (nSPS) is 62.2. The van der Waals surface area contributed by atoms with Gasteiger partial charge in [0.25, 0.3) is 0 Å². The first-order valence-electron chi connectivity index (χ1n) is 7.66. The molecule has 9 atom stereocenters. The Bertz CT molecular complexity index is 515. The summed E-state index contributed by atoms with van der Waals surface area (Å²) >= 11 is 0. The van der Waals surface area contributed by atoms with E-state index in [9.17, 15) is 10.2 Å². The van der Waals surface area contributed by atoms with Crippen LogP contribution in [0.15, 0.2) is 24.3 Å². The molecule has 4 saturated heterocycles. The van der Waals surface area contributed by atoms with Gasteiger partial charge in [0, 0.05) is 30.1 Å². The second-order valence-electron chi connectivity index (χ2n) is 7.07. The van der Waals surface area contributed by atoms with Crippen molar-refractivity contribution >= 4 is 0 Å². The summed E-state index contributed by atoms with van der Waals surface area (Å²) in [6.07, 6.45) is 5.86. The molecule has 2 N–H and O–H groups in total. The maximum atomic E-state index is 10.2. The van der Waals surface area contributed by atoms with Crippen LogP contribution in [0.2, 0.25) is 0 Å². The minimum absolute atomic E-state index is 0.100. The Hall–Kier alpha value is -0.680. The number of rotatable bonds is 1. The molecular formula is C16H20O4. The van der Waals surface area contributed by atoms with E-state index >= 15 is 0 Å². The van der Waals surface area contributed by atoms with E-state index in [-0.39, 0.29) is 42.0 Å². The molecule has 4 aliphatic heterocycles. The molecular weight excluding hydrogens is 256 g/mol. The topological polar surface area (TPSA) is 58.9 Å². The lowest BCUT2D eigenvalue weighted by Crippen LogP contribution is -2.52. The van der Waals surface area contributed by atoms with Crippen molar-refractivity contribution in [1.29, 1.82) is 0 Å². The van der Waals surface area contributed by atoms with E-state index in [1.54, 1.807) is 0 Å².